The van der Waals surface area contributed by atoms with E-state index in [1.165, 1.54) is 24.1 Å². The Morgan fingerprint density at radius 2 is 2.04 bits per heavy atom. The Kier molecular flexibility index (Phi) is 5.92. The highest BCUT2D eigenvalue weighted by Gasteiger charge is 2.49. The van der Waals surface area contributed by atoms with Crippen LogP contribution in [0, 0.1) is 11.3 Å². The summed E-state index contributed by atoms with van der Waals surface area (Å²) in [6.07, 6.45) is 0.321. The van der Waals surface area contributed by atoms with Crippen molar-refractivity contribution in [3.63, 3.8) is 0 Å². The number of anilines is 1. The van der Waals surface area contributed by atoms with Crippen molar-refractivity contribution >= 4 is 50.5 Å². The van der Waals surface area contributed by atoms with Gasteiger partial charge >= 0.3 is 0 Å². The molecule has 0 saturated carbocycles. The number of nitrogens with one attached hydrogen (secondary N) is 1. The van der Waals surface area contributed by atoms with Gasteiger partial charge in [-0.15, -0.1) is 0 Å². The first-order valence-corrected chi connectivity index (χ1v) is 10.3. The number of carbonyl (C=O) groups excluding carboxylic acids is 1. The molecule has 1 amide bonds. The molecule has 0 atom stereocenters. The summed E-state index contributed by atoms with van der Waals surface area (Å²) in [5.74, 6) is -0.296. The van der Waals surface area contributed by atoms with E-state index >= 15 is 0 Å². The summed E-state index contributed by atoms with van der Waals surface area (Å²) in [4.78, 5) is 16.0. The number of hydrogen-bond donors (Lipinski definition) is 1. The molecule has 0 aliphatic carbocycles. The zero-order valence-corrected chi connectivity index (χ0v) is 17.0. The largest absolute Gasteiger partial charge is 0.334 e. The standard InChI is InChI=1S/C16H19ClN4O3S2/c1-16(2)14(22)21(12-6-5-11(10-18)13(17)9-12)15(25)20(16)7-4-8-26(23,24)19-3/h5-6,9,19H,4,7-8H2,1-3H3. The van der Waals surface area contributed by atoms with Crippen molar-refractivity contribution in [1.29, 1.82) is 5.26 Å². The third-order valence-electron chi connectivity index (χ3n) is 4.26. The average molecular weight is 415 g/mol. The Bertz CT molecular complexity index is 893. The van der Waals surface area contributed by atoms with Crippen molar-refractivity contribution in [2.75, 3.05) is 24.2 Å². The number of amides is 1. The zero-order valence-electron chi connectivity index (χ0n) is 14.6. The molecule has 1 aromatic carbocycles. The van der Waals surface area contributed by atoms with Gasteiger partial charge in [0.25, 0.3) is 5.91 Å². The SMILES string of the molecule is CNS(=O)(=O)CCCN1C(=S)N(c2ccc(C#N)c(Cl)c2)C(=O)C1(C)C. The van der Waals surface area contributed by atoms with Crippen LogP contribution >= 0.6 is 23.8 Å². The molecule has 0 spiro atoms. The second-order valence-corrected chi connectivity index (χ2v) is 9.10. The van der Waals surface area contributed by atoms with Gasteiger partial charge in [-0.05, 0) is 57.7 Å². The number of nitrogens with zero attached hydrogens (tertiary/aromatic N) is 3. The molecule has 1 fully saturated rings. The molecule has 1 heterocycles. The van der Waals surface area contributed by atoms with E-state index in [0.29, 0.717) is 24.2 Å². The highest BCUT2D eigenvalue weighted by atomic mass is 35.5. The lowest BCUT2D eigenvalue weighted by molar-refractivity contribution is -0.123. The number of sulfonamides is 1. The summed E-state index contributed by atoms with van der Waals surface area (Å²) >= 11 is 11.5. The minimum absolute atomic E-state index is 0.0599. The Morgan fingerprint density at radius 3 is 2.58 bits per heavy atom. The van der Waals surface area contributed by atoms with Crippen molar-refractivity contribution in [2.45, 2.75) is 25.8 Å². The second-order valence-electron chi connectivity index (χ2n) is 6.29. The minimum Gasteiger partial charge on any atom is -0.334 e. The van der Waals surface area contributed by atoms with Crippen LogP contribution in [0.15, 0.2) is 18.2 Å². The van der Waals surface area contributed by atoms with Gasteiger partial charge in [0.15, 0.2) is 5.11 Å². The molecule has 26 heavy (non-hydrogen) atoms. The number of nitriles is 1. The molecule has 1 saturated heterocycles. The fourth-order valence-electron chi connectivity index (χ4n) is 2.69. The smallest absolute Gasteiger partial charge is 0.258 e. The summed E-state index contributed by atoms with van der Waals surface area (Å²) in [6.45, 7) is 3.79. The van der Waals surface area contributed by atoms with Crippen LogP contribution in [0.5, 0.6) is 0 Å². The van der Waals surface area contributed by atoms with Crippen LogP contribution in [0.3, 0.4) is 0 Å². The van der Waals surface area contributed by atoms with E-state index in [1.54, 1.807) is 24.8 Å². The first kappa shape index (κ1) is 20.6. The predicted octanol–water partition coefficient (Wildman–Crippen LogP) is 1.86. The number of rotatable bonds is 6. The van der Waals surface area contributed by atoms with Crippen LogP contribution in [-0.4, -0.2) is 49.2 Å². The number of thiocarbonyl (C=S) groups is 1. The fourth-order valence-corrected chi connectivity index (χ4v) is 4.13. The number of carbonyl (C=O) groups is 1. The van der Waals surface area contributed by atoms with Crippen molar-refractivity contribution in [3.8, 4) is 6.07 Å². The molecule has 1 aliphatic heterocycles. The van der Waals surface area contributed by atoms with Crippen molar-refractivity contribution < 1.29 is 13.2 Å². The first-order valence-electron chi connectivity index (χ1n) is 7.82. The predicted molar refractivity (Wildman–Crippen MR) is 104 cm³/mol. The van der Waals surface area contributed by atoms with E-state index < -0.39 is 15.6 Å². The van der Waals surface area contributed by atoms with E-state index in [0.717, 1.165) is 0 Å². The molecule has 0 aromatic heterocycles. The van der Waals surface area contributed by atoms with Gasteiger partial charge in [-0.3, -0.25) is 9.69 Å². The monoisotopic (exact) mass is 414 g/mol. The molecule has 1 aromatic rings. The van der Waals surface area contributed by atoms with Crippen LogP contribution in [0.2, 0.25) is 5.02 Å². The Morgan fingerprint density at radius 1 is 1.38 bits per heavy atom. The van der Waals surface area contributed by atoms with Gasteiger partial charge in [0, 0.05) is 6.54 Å². The average Bonchev–Trinajstić information content (AvgIpc) is 2.74. The summed E-state index contributed by atoms with van der Waals surface area (Å²) in [5.41, 5.74) is -0.135. The quantitative estimate of drug-likeness (QED) is 0.714. The summed E-state index contributed by atoms with van der Waals surface area (Å²) in [5, 5.41) is 9.50. The van der Waals surface area contributed by atoms with Crippen LogP contribution in [0.1, 0.15) is 25.8 Å². The maximum atomic E-state index is 12.9. The van der Waals surface area contributed by atoms with Crippen LogP contribution in [-0.2, 0) is 14.8 Å². The summed E-state index contributed by atoms with van der Waals surface area (Å²) in [6, 6.07) is 6.63. The number of benzene rings is 1. The topological polar surface area (TPSA) is 93.5 Å². The van der Waals surface area contributed by atoms with Gasteiger partial charge in [-0.25, -0.2) is 13.1 Å². The number of halogens is 1. The van der Waals surface area contributed by atoms with Crippen LogP contribution in [0.4, 0.5) is 5.69 Å². The molecule has 0 radical (unpaired) electrons. The van der Waals surface area contributed by atoms with Gasteiger partial charge in [0.1, 0.15) is 11.6 Å². The lowest BCUT2D eigenvalue weighted by atomic mass is 10.0. The third kappa shape index (κ3) is 3.83. The fraction of sp³-hybridized carbons (Fsp3) is 0.438. The van der Waals surface area contributed by atoms with Gasteiger partial charge in [0.05, 0.1) is 22.0 Å². The lowest BCUT2D eigenvalue weighted by Gasteiger charge is -2.29. The zero-order chi connectivity index (χ0) is 19.7. The van der Waals surface area contributed by atoms with E-state index in [9.17, 15) is 13.2 Å². The minimum atomic E-state index is -3.33. The van der Waals surface area contributed by atoms with Crippen molar-refractivity contribution in [2.24, 2.45) is 0 Å². The number of hydrogen-bond acceptors (Lipinski definition) is 5. The molecule has 10 heteroatoms. The van der Waals surface area contributed by atoms with E-state index in [4.69, 9.17) is 29.1 Å². The summed E-state index contributed by atoms with van der Waals surface area (Å²) in [7, 11) is -1.96. The van der Waals surface area contributed by atoms with E-state index in [1.807, 2.05) is 6.07 Å². The molecular weight excluding hydrogens is 396 g/mol. The van der Waals surface area contributed by atoms with Crippen LogP contribution < -0.4 is 9.62 Å². The maximum Gasteiger partial charge on any atom is 0.258 e. The molecule has 1 N–H and O–H groups in total. The van der Waals surface area contributed by atoms with Crippen molar-refractivity contribution in [1.82, 2.24) is 9.62 Å². The Balaban J connectivity index is 2.26. The lowest BCUT2D eigenvalue weighted by Crippen LogP contribution is -2.45. The normalized spacial score (nSPS) is 16.9. The van der Waals surface area contributed by atoms with E-state index in [-0.39, 0.29) is 21.8 Å². The van der Waals surface area contributed by atoms with Gasteiger partial charge < -0.3 is 4.90 Å². The van der Waals surface area contributed by atoms with Crippen molar-refractivity contribution in [3.05, 3.63) is 28.8 Å². The molecule has 140 valence electrons. The van der Waals surface area contributed by atoms with Crippen LogP contribution in [0.25, 0.3) is 0 Å². The summed E-state index contributed by atoms with van der Waals surface area (Å²) < 4.78 is 25.4. The maximum absolute atomic E-state index is 12.9. The molecular formula is C16H19ClN4O3S2. The van der Waals surface area contributed by atoms with Gasteiger partial charge in [-0.1, -0.05) is 11.6 Å². The highest BCUT2D eigenvalue weighted by Crippen LogP contribution is 2.34. The molecule has 0 bridgehead atoms. The van der Waals surface area contributed by atoms with Gasteiger partial charge in [-0.2, -0.15) is 5.26 Å². The Labute approximate surface area is 163 Å². The molecule has 0 unspecified atom stereocenters. The second kappa shape index (κ2) is 7.48. The molecule has 2 rings (SSSR count). The highest BCUT2D eigenvalue weighted by molar-refractivity contribution is 7.89. The molecule has 7 nitrogen and oxygen atoms in total. The Hall–Kier alpha value is -1.73. The third-order valence-corrected chi connectivity index (χ3v) is 6.42. The molecule has 1 aliphatic rings. The van der Waals surface area contributed by atoms with E-state index in [2.05, 4.69) is 4.72 Å². The van der Waals surface area contributed by atoms with Gasteiger partial charge in [0.2, 0.25) is 10.0 Å². The first-order chi connectivity index (χ1) is 12.0.